The number of ether oxygens (including phenoxy) is 2. The summed E-state index contributed by atoms with van der Waals surface area (Å²) in [4.78, 5) is 32.7. The van der Waals surface area contributed by atoms with Gasteiger partial charge < -0.3 is 19.3 Å². The molecule has 4 rings (SSSR count). The summed E-state index contributed by atoms with van der Waals surface area (Å²) in [6, 6.07) is 14.7. The molecule has 2 amide bonds. The average molecular weight is 421 g/mol. The van der Waals surface area contributed by atoms with Gasteiger partial charge in [0.2, 0.25) is 0 Å². The van der Waals surface area contributed by atoms with Crippen LogP contribution in [0.4, 0.5) is 0 Å². The third-order valence-corrected chi connectivity index (χ3v) is 5.86. The van der Waals surface area contributed by atoms with E-state index in [9.17, 15) is 9.59 Å². The Morgan fingerprint density at radius 3 is 2.16 bits per heavy atom. The van der Waals surface area contributed by atoms with E-state index in [-0.39, 0.29) is 18.4 Å². The van der Waals surface area contributed by atoms with E-state index in [1.54, 1.807) is 14.2 Å². The maximum absolute atomic E-state index is 13.5. The van der Waals surface area contributed by atoms with Crippen molar-refractivity contribution in [3.8, 4) is 11.5 Å². The first-order valence-corrected chi connectivity index (χ1v) is 10.3. The minimum absolute atomic E-state index is 0.165. The van der Waals surface area contributed by atoms with Gasteiger partial charge in [-0.3, -0.25) is 14.5 Å². The maximum Gasteiger partial charge on any atom is 0.278 e. The zero-order valence-corrected chi connectivity index (χ0v) is 18.1. The molecular formula is C24H27N3O4. The fourth-order valence-corrected chi connectivity index (χ4v) is 4.05. The average Bonchev–Trinajstić information content (AvgIpc) is 3.05. The maximum atomic E-state index is 13.5. The lowest BCUT2D eigenvalue weighted by atomic mass is 10.0. The van der Waals surface area contributed by atoms with Gasteiger partial charge in [-0.05, 0) is 30.8 Å². The SMILES string of the molecule is COc1ccc(C2=C(N3CCN(C)CC3)C(=O)N(Cc3ccccc3OC)C2=O)cc1. The number of likely N-dealkylation sites (N-methyl/N-ethyl adjacent to an activating group) is 1. The minimum atomic E-state index is -0.282. The van der Waals surface area contributed by atoms with Crippen LogP contribution in [0.25, 0.3) is 5.57 Å². The predicted molar refractivity (Wildman–Crippen MR) is 118 cm³/mol. The van der Waals surface area contributed by atoms with Crippen molar-refractivity contribution in [3.05, 3.63) is 65.4 Å². The lowest BCUT2D eigenvalue weighted by Crippen LogP contribution is -2.46. The monoisotopic (exact) mass is 421 g/mol. The molecule has 2 heterocycles. The van der Waals surface area contributed by atoms with Gasteiger partial charge in [0.1, 0.15) is 17.2 Å². The van der Waals surface area contributed by atoms with E-state index in [0.717, 1.165) is 24.2 Å². The fourth-order valence-electron chi connectivity index (χ4n) is 4.05. The first kappa shape index (κ1) is 20.9. The normalized spacial score (nSPS) is 17.5. The molecule has 1 saturated heterocycles. The summed E-state index contributed by atoms with van der Waals surface area (Å²) in [6.45, 7) is 3.25. The van der Waals surface area contributed by atoms with Crippen LogP contribution >= 0.6 is 0 Å². The molecule has 2 aliphatic heterocycles. The molecule has 0 spiro atoms. The number of hydrogen-bond acceptors (Lipinski definition) is 6. The molecule has 2 aliphatic rings. The number of para-hydroxylation sites is 1. The lowest BCUT2D eigenvalue weighted by molar-refractivity contribution is -0.138. The third kappa shape index (κ3) is 4.01. The van der Waals surface area contributed by atoms with Crippen molar-refractivity contribution in [1.29, 1.82) is 0 Å². The highest BCUT2D eigenvalue weighted by Gasteiger charge is 2.42. The molecule has 0 saturated carbocycles. The van der Waals surface area contributed by atoms with Gasteiger partial charge in [0, 0.05) is 31.7 Å². The first-order chi connectivity index (χ1) is 15.0. The molecule has 7 heteroatoms. The molecule has 162 valence electrons. The Morgan fingerprint density at radius 1 is 0.839 bits per heavy atom. The van der Waals surface area contributed by atoms with Crippen LogP contribution in [0.5, 0.6) is 11.5 Å². The molecule has 0 N–H and O–H groups in total. The van der Waals surface area contributed by atoms with Crippen LogP contribution in [0.1, 0.15) is 11.1 Å². The summed E-state index contributed by atoms with van der Waals surface area (Å²) in [5.41, 5.74) is 2.45. The largest absolute Gasteiger partial charge is 0.497 e. The lowest BCUT2D eigenvalue weighted by Gasteiger charge is -2.34. The number of amides is 2. The number of piperazine rings is 1. The molecule has 0 radical (unpaired) electrons. The van der Waals surface area contributed by atoms with Gasteiger partial charge >= 0.3 is 0 Å². The number of methoxy groups -OCH3 is 2. The van der Waals surface area contributed by atoms with E-state index < -0.39 is 0 Å². The van der Waals surface area contributed by atoms with Gasteiger partial charge in [0.25, 0.3) is 11.8 Å². The van der Waals surface area contributed by atoms with Gasteiger partial charge in [-0.1, -0.05) is 30.3 Å². The van der Waals surface area contributed by atoms with Crippen molar-refractivity contribution in [2.75, 3.05) is 47.4 Å². The molecule has 0 unspecified atom stereocenters. The quantitative estimate of drug-likeness (QED) is 0.667. The molecule has 7 nitrogen and oxygen atoms in total. The molecule has 31 heavy (non-hydrogen) atoms. The molecule has 2 aromatic rings. The number of rotatable bonds is 6. The highest BCUT2D eigenvalue weighted by molar-refractivity contribution is 6.35. The van der Waals surface area contributed by atoms with Gasteiger partial charge in [-0.2, -0.15) is 0 Å². The molecule has 1 fully saturated rings. The predicted octanol–water partition coefficient (Wildman–Crippen LogP) is 2.23. The molecular weight excluding hydrogens is 394 g/mol. The first-order valence-electron chi connectivity index (χ1n) is 10.3. The van der Waals surface area contributed by atoms with Gasteiger partial charge in [0.15, 0.2) is 0 Å². The Labute approximate surface area is 182 Å². The van der Waals surface area contributed by atoms with Crippen molar-refractivity contribution in [1.82, 2.24) is 14.7 Å². The topological polar surface area (TPSA) is 62.3 Å². The number of benzene rings is 2. The van der Waals surface area contributed by atoms with E-state index >= 15 is 0 Å². The Kier molecular flexibility index (Phi) is 5.95. The van der Waals surface area contributed by atoms with Gasteiger partial charge in [-0.25, -0.2) is 0 Å². The molecule has 0 aromatic heterocycles. The molecule has 0 bridgehead atoms. The van der Waals surface area contributed by atoms with Crippen LogP contribution in [-0.4, -0.2) is 74.0 Å². The summed E-state index contributed by atoms with van der Waals surface area (Å²) in [5, 5.41) is 0. The summed E-state index contributed by atoms with van der Waals surface area (Å²) in [5.74, 6) is 0.816. The minimum Gasteiger partial charge on any atom is -0.497 e. The molecule has 0 aliphatic carbocycles. The Hall–Kier alpha value is -3.32. The zero-order valence-electron chi connectivity index (χ0n) is 18.1. The third-order valence-electron chi connectivity index (χ3n) is 5.86. The Bertz CT molecular complexity index is 1010. The van der Waals surface area contributed by atoms with Crippen molar-refractivity contribution in [2.45, 2.75) is 6.54 Å². The second-order valence-corrected chi connectivity index (χ2v) is 7.75. The highest BCUT2D eigenvalue weighted by atomic mass is 16.5. The summed E-state index contributed by atoms with van der Waals surface area (Å²) in [6.07, 6.45) is 0. The smallest absolute Gasteiger partial charge is 0.278 e. The Morgan fingerprint density at radius 2 is 1.52 bits per heavy atom. The van der Waals surface area contributed by atoms with Crippen LogP contribution in [0.15, 0.2) is 54.2 Å². The van der Waals surface area contributed by atoms with E-state index in [4.69, 9.17) is 9.47 Å². The van der Waals surface area contributed by atoms with Crippen LogP contribution in [0.3, 0.4) is 0 Å². The van der Waals surface area contributed by atoms with E-state index in [1.807, 2.05) is 53.4 Å². The number of carbonyl (C=O) groups excluding carboxylic acids is 2. The van der Waals surface area contributed by atoms with Crippen molar-refractivity contribution in [3.63, 3.8) is 0 Å². The summed E-state index contributed by atoms with van der Waals surface area (Å²) < 4.78 is 10.7. The number of carbonyl (C=O) groups is 2. The zero-order chi connectivity index (χ0) is 22.0. The fraction of sp³-hybridized carbons (Fsp3) is 0.333. The molecule has 2 aromatic carbocycles. The van der Waals surface area contributed by atoms with Crippen LogP contribution in [-0.2, 0) is 16.1 Å². The number of hydrogen-bond donors (Lipinski definition) is 0. The van der Waals surface area contributed by atoms with Gasteiger partial charge in [-0.15, -0.1) is 0 Å². The van der Waals surface area contributed by atoms with Crippen molar-refractivity contribution < 1.29 is 19.1 Å². The van der Waals surface area contributed by atoms with Crippen LogP contribution in [0, 0.1) is 0 Å². The second-order valence-electron chi connectivity index (χ2n) is 7.75. The number of nitrogens with zero attached hydrogens (tertiary/aromatic N) is 3. The van der Waals surface area contributed by atoms with Crippen LogP contribution in [0.2, 0.25) is 0 Å². The van der Waals surface area contributed by atoms with Crippen molar-refractivity contribution in [2.24, 2.45) is 0 Å². The second kappa shape index (κ2) is 8.81. The standard InChI is InChI=1S/C24H27N3O4/c1-25-12-14-26(15-13-25)22-21(17-8-10-19(30-2)11-9-17)23(28)27(24(22)29)16-18-6-4-5-7-20(18)31-3/h4-11H,12-16H2,1-3H3. The Balaban J connectivity index is 1.72. The number of imide groups is 1. The van der Waals surface area contributed by atoms with Crippen LogP contribution < -0.4 is 9.47 Å². The molecule has 0 atom stereocenters. The summed E-state index contributed by atoms with van der Waals surface area (Å²) >= 11 is 0. The highest BCUT2D eigenvalue weighted by Crippen LogP contribution is 2.34. The van der Waals surface area contributed by atoms with E-state index in [2.05, 4.69) is 11.9 Å². The van der Waals surface area contributed by atoms with E-state index in [0.29, 0.717) is 35.9 Å². The van der Waals surface area contributed by atoms with Crippen molar-refractivity contribution >= 4 is 17.4 Å². The van der Waals surface area contributed by atoms with Gasteiger partial charge in [0.05, 0.1) is 26.3 Å². The van der Waals surface area contributed by atoms with E-state index in [1.165, 1.54) is 4.90 Å². The summed E-state index contributed by atoms with van der Waals surface area (Å²) in [7, 11) is 5.25.